The fourth-order valence-corrected chi connectivity index (χ4v) is 1.99. The van der Waals surface area contributed by atoms with Crippen molar-refractivity contribution in [1.29, 1.82) is 5.26 Å². The summed E-state index contributed by atoms with van der Waals surface area (Å²) in [5.41, 5.74) is 1.84. The first-order valence-corrected chi connectivity index (χ1v) is 7.29. The number of nitrogens with zero attached hydrogens (tertiary/aromatic N) is 2. The molecule has 24 heavy (non-hydrogen) atoms. The van der Waals surface area contributed by atoms with Crippen LogP contribution in [0.5, 0.6) is 5.75 Å². The first-order chi connectivity index (χ1) is 11.6. The van der Waals surface area contributed by atoms with Crippen LogP contribution in [0.25, 0.3) is 0 Å². The summed E-state index contributed by atoms with van der Waals surface area (Å²) in [6, 6.07) is 13.8. The second-order valence-corrected chi connectivity index (χ2v) is 5.09. The van der Waals surface area contributed by atoms with E-state index < -0.39 is 5.91 Å². The number of benzene rings is 2. The Balaban J connectivity index is 1.87. The first kappa shape index (κ1) is 17.3. The van der Waals surface area contributed by atoms with Crippen molar-refractivity contribution in [3.8, 4) is 11.8 Å². The standard InChI is InChI=1S/C17H14ClN3O3/c1-23-16-7-6-14(18)8-15(16)21-17(22)10-20-24-11-13-4-2-12(9-19)3-5-13/h2-8,10H,11H2,1H3,(H,21,22)/b20-10-. The highest BCUT2D eigenvalue weighted by molar-refractivity contribution is 6.33. The maximum Gasteiger partial charge on any atom is 0.270 e. The zero-order valence-corrected chi connectivity index (χ0v) is 13.6. The molecule has 0 radical (unpaired) electrons. The lowest BCUT2D eigenvalue weighted by atomic mass is 10.2. The molecule has 122 valence electrons. The number of rotatable bonds is 6. The van der Waals surface area contributed by atoms with Crippen LogP contribution in [-0.2, 0) is 16.2 Å². The van der Waals surface area contributed by atoms with Gasteiger partial charge in [-0.25, -0.2) is 0 Å². The number of halogens is 1. The second-order valence-electron chi connectivity index (χ2n) is 4.65. The molecule has 0 bridgehead atoms. The summed E-state index contributed by atoms with van der Waals surface area (Å²) >= 11 is 5.89. The maximum atomic E-state index is 11.8. The van der Waals surface area contributed by atoms with Crippen LogP contribution < -0.4 is 10.1 Å². The topological polar surface area (TPSA) is 83.7 Å². The molecule has 1 amide bonds. The molecule has 0 aliphatic heterocycles. The van der Waals surface area contributed by atoms with Crippen molar-refractivity contribution >= 4 is 29.4 Å². The average Bonchev–Trinajstić information content (AvgIpc) is 2.59. The first-order valence-electron chi connectivity index (χ1n) is 6.91. The van der Waals surface area contributed by atoms with E-state index in [2.05, 4.69) is 10.5 Å². The van der Waals surface area contributed by atoms with Crippen molar-refractivity contribution in [3.05, 3.63) is 58.6 Å². The van der Waals surface area contributed by atoms with Crippen molar-refractivity contribution in [3.63, 3.8) is 0 Å². The molecule has 0 saturated carbocycles. The highest BCUT2D eigenvalue weighted by Gasteiger charge is 2.06. The quantitative estimate of drug-likeness (QED) is 0.644. The van der Waals surface area contributed by atoms with Gasteiger partial charge in [0.2, 0.25) is 0 Å². The van der Waals surface area contributed by atoms with Gasteiger partial charge >= 0.3 is 0 Å². The summed E-state index contributed by atoms with van der Waals surface area (Å²) < 4.78 is 5.13. The zero-order chi connectivity index (χ0) is 17.4. The minimum atomic E-state index is -0.476. The van der Waals surface area contributed by atoms with E-state index in [0.29, 0.717) is 22.0 Å². The predicted octanol–water partition coefficient (Wildman–Crippen LogP) is 3.36. The number of oxime groups is 1. The third kappa shape index (κ3) is 5.00. The Morgan fingerprint density at radius 2 is 2.08 bits per heavy atom. The zero-order valence-electron chi connectivity index (χ0n) is 12.8. The van der Waals surface area contributed by atoms with Crippen molar-refractivity contribution in [2.45, 2.75) is 6.61 Å². The Morgan fingerprint density at radius 3 is 2.75 bits per heavy atom. The average molecular weight is 344 g/mol. The molecule has 0 aliphatic rings. The molecule has 0 atom stereocenters. The van der Waals surface area contributed by atoms with Crippen molar-refractivity contribution in [2.75, 3.05) is 12.4 Å². The minimum Gasteiger partial charge on any atom is -0.495 e. The summed E-state index contributed by atoms with van der Waals surface area (Å²) in [5.74, 6) is 0.00930. The monoisotopic (exact) mass is 343 g/mol. The van der Waals surface area contributed by atoms with Gasteiger partial charge in [-0.05, 0) is 35.9 Å². The van der Waals surface area contributed by atoms with Crippen LogP contribution in [0, 0.1) is 11.3 Å². The number of carbonyl (C=O) groups excluding carboxylic acids is 1. The van der Waals surface area contributed by atoms with Gasteiger partial charge in [0, 0.05) is 5.02 Å². The molecular formula is C17H14ClN3O3. The van der Waals surface area contributed by atoms with Gasteiger partial charge in [0.15, 0.2) is 0 Å². The third-order valence-corrected chi connectivity index (χ3v) is 3.21. The summed E-state index contributed by atoms with van der Waals surface area (Å²) in [6.07, 6.45) is 1.02. The number of ether oxygens (including phenoxy) is 1. The molecule has 2 aromatic rings. The van der Waals surface area contributed by atoms with E-state index in [9.17, 15) is 4.79 Å². The summed E-state index contributed by atoms with van der Waals surface area (Å²) in [7, 11) is 1.49. The van der Waals surface area contributed by atoms with Crippen LogP contribution in [0.2, 0.25) is 5.02 Å². The van der Waals surface area contributed by atoms with Gasteiger partial charge in [-0.15, -0.1) is 0 Å². The molecule has 7 heteroatoms. The lowest BCUT2D eigenvalue weighted by Crippen LogP contribution is -2.13. The van der Waals surface area contributed by atoms with Gasteiger partial charge in [0.25, 0.3) is 5.91 Å². The Hall–Kier alpha value is -3.04. The van der Waals surface area contributed by atoms with E-state index in [0.717, 1.165) is 11.8 Å². The van der Waals surface area contributed by atoms with E-state index in [4.69, 9.17) is 26.4 Å². The van der Waals surface area contributed by atoms with Crippen molar-refractivity contribution in [2.24, 2.45) is 5.16 Å². The highest BCUT2D eigenvalue weighted by atomic mass is 35.5. The van der Waals surface area contributed by atoms with Gasteiger partial charge in [-0.3, -0.25) is 4.79 Å². The number of methoxy groups -OCH3 is 1. The maximum absolute atomic E-state index is 11.8. The summed E-state index contributed by atoms with van der Waals surface area (Å²) in [5, 5.41) is 15.4. The van der Waals surface area contributed by atoms with Gasteiger partial charge < -0.3 is 14.9 Å². The van der Waals surface area contributed by atoms with Crippen molar-refractivity contribution in [1.82, 2.24) is 0 Å². The number of nitrogens with one attached hydrogen (secondary N) is 1. The molecule has 0 aromatic heterocycles. The normalized spacial score (nSPS) is 10.2. The van der Waals surface area contributed by atoms with Gasteiger partial charge in [-0.1, -0.05) is 28.9 Å². The van der Waals surface area contributed by atoms with E-state index >= 15 is 0 Å². The number of hydrogen-bond donors (Lipinski definition) is 1. The van der Waals surface area contributed by atoms with Gasteiger partial charge in [-0.2, -0.15) is 5.26 Å². The van der Waals surface area contributed by atoms with Crippen LogP contribution >= 0.6 is 11.6 Å². The predicted molar refractivity (Wildman–Crippen MR) is 91.1 cm³/mol. The molecule has 6 nitrogen and oxygen atoms in total. The Morgan fingerprint density at radius 1 is 1.33 bits per heavy atom. The third-order valence-electron chi connectivity index (χ3n) is 2.98. The molecule has 0 spiro atoms. The molecule has 0 unspecified atom stereocenters. The van der Waals surface area contributed by atoms with Crippen LogP contribution in [0.15, 0.2) is 47.6 Å². The number of amides is 1. The molecule has 0 saturated heterocycles. The Labute approximate surface area is 144 Å². The van der Waals surface area contributed by atoms with Crippen LogP contribution in [-0.4, -0.2) is 19.2 Å². The van der Waals surface area contributed by atoms with E-state index in [1.165, 1.54) is 7.11 Å². The van der Waals surface area contributed by atoms with Crippen molar-refractivity contribution < 1.29 is 14.4 Å². The van der Waals surface area contributed by atoms with Crippen LogP contribution in [0.1, 0.15) is 11.1 Å². The second kappa shape index (κ2) is 8.56. The van der Waals surface area contributed by atoms with Crippen LogP contribution in [0.4, 0.5) is 5.69 Å². The highest BCUT2D eigenvalue weighted by Crippen LogP contribution is 2.27. The lowest BCUT2D eigenvalue weighted by Gasteiger charge is -2.08. The molecule has 2 aromatic carbocycles. The number of anilines is 1. The lowest BCUT2D eigenvalue weighted by molar-refractivity contribution is -0.110. The number of carbonyl (C=O) groups is 1. The molecule has 2 rings (SSSR count). The summed E-state index contributed by atoms with van der Waals surface area (Å²) in [4.78, 5) is 16.9. The number of hydrogen-bond acceptors (Lipinski definition) is 5. The molecular weight excluding hydrogens is 330 g/mol. The van der Waals surface area contributed by atoms with E-state index in [1.54, 1.807) is 42.5 Å². The SMILES string of the molecule is COc1ccc(Cl)cc1NC(=O)/C=N\OCc1ccc(C#N)cc1. The Kier molecular flexibility index (Phi) is 6.17. The van der Waals surface area contributed by atoms with Gasteiger partial charge in [0.1, 0.15) is 18.6 Å². The minimum absolute atomic E-state index is 0.190. The van der Waals surface area contributed by atoms with E-state index in [1.807, 2.05) is 6.07 Å². The number of nitriles is 1. The fraction of sp³-hybridized carbons (Fsp3) is 0.118. The van der Waals surface area contributed by atoms with Crippen LogP contribution in [0.3, 0.4) is 0 Å². The Bertz CT molecular complexity index is 783. The summed E-state index contributed by atoms with van der Waals surface area (Å²) in [6.45, 7) is 0.190. The molecule has 0 fully saturated rings. The smallest absolute Gasteiger partial charge is 0.270 e. The fourth-order valence-electron chi connectivity index (χ4n) is 1.82. The van der Waals surface area contributed by atoms with Gasteiger partial charge in [0.05, 0.1) is 24.4 Å². The molecule has 0 aliphatic carbocycles. The molecule has 0 heterocycles. The largest absolute Gasteiger partial charge is 0.495 e. The molecule has 1 N–H and O–H groups in total. The van der Waals surface area contributed by atoms with E-state index in [-0.39, 0.29) is 6.61 Å².